The lowest BCUT2D eigenvalue weighted by Crippen LogP contribution is -2.54. The van der Waals surface area contributed by atoms with Crippen molar-refractivity contribution in [2.75, 3.05) is 20.1 Å². The van der Waals surface area contributed by atoms with Gasteiger partial charge in [-0.15, -0.1) is 0 Å². The first-order valence-corrected chi connectivity index (χ1v) is 7.89. The lowest BCUT2D eigenvalue weighted by Gasteiger charge is -2.42. The van der Waals surface area contributed by atoms with Gasteiger partial charge in [-0.05, 0) is 31.5 Å². The van der Waals surface area contributed by atoms with Crippen LogP contribution >= 0.6 is 0 Å². The molecule has 0 unspecified atom stereocenters. The molecule has 0 aromatic carbocycles. The first kappa shape index (κ1) is 17.9. The molecule has 2 rings (SSSR count). The summed E-state index contributed by atoms with van der Waals surface area (Å²) in [5, 5.41) is 14.2. The van der Waals surface area contributed by atoms with Crippen LogP contribution in [0.3, 0.4) is 0 Å². The quantitative estimate of drug-likeness (QED) is 0.652. The summed E-state index contributed by atoms with van der Waals surface area (Å²) < 4.78 is 0. The molecule has 1 aromatic rings. The molecule has 130 valence electrons. The van der Waals surface area contributed by atoms with Crippen molar-refractivity contribution < 1.29 is 19.5 Å². The second-order valence-electron chi connectivity index (χ2n) is 5.76. The molecule has 3 N–H and O–H groups in total. The first-order chi connectivity index (χ1) is 11.4. The number of pyridine rings is 1. The van der Waals surface area contributed by atoms with E-state index in [1.165, 1.54) is 19.3 Å². The molecule has 2 amide bonds. The molecule has 1 aliphatic carbocycles. The molecule has 8 heteroatoms. The summed E-state index contributed by atoms with van der Waals surface area (Å²) >= 11 is 0. The van der Waals surface area contributed by atoms with Crippen LogP contribution in [0.5, 0.6) is 0 Å². The normalized spacial score (nSPS) is 19.5. The highest BCUT2D eigenvalue weighted by atomic mass is 16.4. The van der Waals surface area contributed by atoms with E-state index in [0.29, 0.717) is 12.1 Å². The van der Waals surface area contributed by atoms with Crippen molar-refractivity contribution in [3.63, 3.8) is 0 Å². The number of hydrogen-bond donors (Lipinski definition) is 3. The molecular formula is C16H22N4O4. The molecule has 1 fully saturated rings. The zero-order valence-corrected chi connectivity index (χ0v) is 13.8. The summed E-state index contributed by atoms with van der Waals surface area (Å²) in [5.74, 6) is -1.39. The van der Waals surface area contributed by atoms with Crippen LogP contribution in [0, 0.1) is 0 Å². The standard InChI is InChI=1S/C16H22N4O4/c1-3-20(9-14(21)22)12-6-11(7-12)19-15(23)10-4-5-13(18-8-10)16(24)17-2/h4-5,8,11-12H,3,6-7,9H2,1-2H3,(H,17,24)(H,19,23)(H,21,22). The second-order valence-corrected chi connectivity index (χ2v) is 5.76. The number of carboxylic acids is 1. The van der Waals surface area contributed by atoms with Crippen molar-refractivity contribution in [2.45, 2.75) is 31.8 Å². The molecule has 0 spiro atoms. The Morgan fingerprint density at radius 1 is 1.29 bits per heavy atom. The number of carboxylic acid groups (broad SMARTS) is 1. The smallest absolute Gasteiger partial charge is 0.317 e. The van der Waals surface area contributed by atoms with Gasteiger partial charge in [0.15, 0.2) is 0 Å². The van der Waals surface area contributed by atoms with Crippen molar-refractivity contribution in [3.8, 4) is 0 Å². The molecule has 0 bridgehead atoms. The van der Waals surface area contributed by atoms with Gasteiger partial charge < -0.3 is 15.7 Å². The maximum absolute atomic E-state index is 12.2. The molecule has 1 heterocycles. The maximum Gasteiger partial charge on any atom is 0.317 e. The Bertz CT molecular complexity index is 611. The van der Waals surface area contributed by atoms with Crippen LogP contribution in [-0.4, -0.2) is 65.0 Å². The second kappa shape index (κ2) is 7.87. The Hall–Kier alpha value is -2.48. The van der Waals surface area contributed by atoms with Gasteiger partial charge >= 0.3 is 5.97 Å². The lowest BCUT2D eigenvalue weighted by atomic mass is 9.85. The molecule has 8 nitrogen and oxygen atoms in total. The van der Waals surface area contributed by atoms with Gasteiger partial charge in [0.1, 0.15) is 5.69 Å². The van der Waals surface area contributed by atoms with E-state index in [2.05, 4.69) is 15.6 Å². The molecule has 24 heavy (non-hydrogen) atoms. The summed E-state index contributed by atoms with van der Waals surface area (Å²) in [6, 6.07) is 3.28. The maximum atomic E-state index is 12.2. The number of aromatic nitrogens is 1. The largest absolute Gasteiger partial charge is 0.480 e. The third kappa shape index (κ3) is 4.29. The number of amides is 2. The topological polar surface area (TPSA) is 112 Å². The average molecular weight is 334 g/mol. The van der Waals surface area contributed by atoms with Gasteiger partial charge in [0, 0.05) is 25.3 Å². The van der Waals surface area contributed by atoms with Crippen LogP contribution in [0.4, 0.5) is 0 Å². The van der Waals surface area contributed by atoms with Crippen LogP contribution in [0.25, 0.3) is 0 Å². The first-order valence-electron chi connectivity index (χ1n) is 7.89. The summed E-state index contributed by atoms with van der Waals surface area (Å²) in [6.07, 6.45) is 2.84. The third-order valence-electron chi connectivity index (χ3n) is 4.19. The Labute approximate surface area is 140 Å². The van der Waals surface area contributed by atoms with E-state index in [1.54, 1.807) is 6.07 Å². The van der Waals surface area contributed by atoms with Gasteiger partial charge in [-0.3, -0.25) is 24.3 Å². The van der Waals surface area contributed by atoms with Crippen LogP contribution in [-0.2, 0) is 4.79 Å². The van der Waals surface area contributed by atoms with E-state index < -0.39 is 5.97 Å². The van der Waals surface area contributed by atoms with Crippen molar-refractivity contribution in [1.82, 2.24) is 20.5 Å². The van der Waals surface area contributed by atoms with Crippen molar-refractivity contribution in [1.29, 1.82) is 0 Å². The fourth-order valence-electron chi connectivity index (χ4n) is 2.74. The Kier molecular flexibility index (Phi) is 5.86. The molecular weight excluding hydrogens is 312 g/mol. The molecule has 0 aliphatic heterocycles. The number of nitrogens with zero attached hydrogens (tertiary/aromatic N) is 2. The Balaban J connectivity index is 1.84. The molecule has 1 aliphatic rings. The predicted molar refractivity (Wildman–Crippen MR) is 86.8 cm³/mol. The number of rotatable bonds is 7. The molecule has 1 aromatic heterocycles. The number of carbonyl (C=O) groups excluding carboxylic acids is 2. The van der Waals surface area contributed by atoms with Crippen LogP contribution in [0.1, 0.15) is 40.6 Å². The van der Waals surface area contributed by atoms with Gasteiger partial charge in [0.25, 0.3) is 11.8 Å². The highest BCUT2D eigenvalue weighted by Crippen LogP contribution is 2.25. The highest BCUT2D eigenvalue weighted by Gasteiger charge is 2.34. The minimum absolute atomic E-state index is 0.0205. The lowest BCUT2D eigenvalue weighted by molar-refractivity contribution is -0.139. The average Bonchev–Trinajstić information content (AvgIpc) is 2.54. The van der Waals surface area contributed by atoms with E-state index in [1.807, 2.05) is 11.8 Å². The fourth-order valence-corrected chi connectivity index (χ4v) is 2.74. The van der Waals surface area contributed by atoms with Crippen molar-refractivity contribution in [2.24, 2.45) is 0 Å². The van der Waals surface area contributed by atoms with Gasteiger partial charge in [0.05, 0.1) is 12.1 Å². The molecule has 0 radical (unpaired) electrons. The summed E-state index contributed by atoms with van der Waals surface area (Å²) in [4.78, 5) is 40.2. The van der Waals surface area contributed by atoms with Crippen LogP contribution < -0.4 is 10.6 Å². The van der Waals surface area contributed by atoms with Gasteiger partial charge in [-0.1, -0.05) is 6.92 Å². The zero-order chi connectivity index (χ0) is 17.7. The fraction of sp³-hybridized carbons (Fsp3) is 0.500. The third-order valence-corrected chi connectivity index (χ3v) is 4.19. The summed E-state index contributed by atoms with van der Waals surface area (Å²) in [7, 11) is 1.52. The van der Waals surface area contributed by atoms with Gasteiger partial charge in [0.2, 0.25) is 0 Å². The molecule has 0 atom stereocenters. The highest BCUT2D eigenvalue weighted by molar-refractivity contribution is 5.96. The summed E-state index contributed by atoms with van der Waals surface area (Å²) in [5.41, 5.74) is 0.647. The van der Waals surface area contributed by atoms with E-state index in [9.17, 15) is 14.4 Å². The SMILES string of the molecule is CCN(CC(=O)O)C1CC(NC(=O)c2ccc(C(=O)NC)nc2)C1. The van der Waals surface area contributed by atoms with Crippen LogP contribution in [0.15, 0.2) is 18.3 Å². The number of carbonyl (C=O) groups is 3. The number of hydrogen-bond acceptors (Lipinski definition) is 5. The number of nitrogens with one attached hydrogen (secondary N) is 2. The molecule has 1 saturated carbocycles. The van der Waals surface area contributed by atoms with Gasteiger partial charge in [-0.2, -0.15) is 0 Å². The number of aliphatic carboxylic acids is 1. The minimum Gasteiger partial charge on any atom is -0.480 e. The zero-order valence-electron chi connectivity index (χ0n) is 13.8. The Morgan fingerprint density at radius 3 is 2.50 bits per heavy atom. The minimum atomic E-state index is -0.841. The molecule has 0 saturated heterocycles. The van der Waals surface area contributed by atoms with Crippen LogP contribution in [0.2, 0.25) is 0 Å². The van der Waals surface area contributed by atoms with E-state index in [-0.39, 0.29) is 36.1 Å². The monoisotopic (exact) mass is 334 g/mol. The predicted octanol–water partition coefficient (Wildman–Crippen LogP) is 0.109. The van der Waals surface area contributed by atoms with E-state index in [0.717, 1.165) is 12.8 Å². The van der Waals surface area contributed by atoms with E-state index in [4.69, 9.17) is 5.11 Å². The van der Waals surface area contributed by atoms with E-state index >= 15 is 0 Å². The Morgan fingerprint density at radius 2 is 2.00 bits per heavy atom. The van der Waals surface area contributed by atoms with Crippen molar-refractivity contribution in [3.05, 3.63) is 29.6 Å². The number of likely N-dealkylation sites (N-methyl/N-ethyl adjacent to an activating group) is 1. The summed E-state index contributed by atoms with van der Waals surface area (Å²) in [6.45, 7) is 2.61. The van der Waals surface area contributed by atoms with Gasteiger partial charge in [-0.25, -0.2) is 0 Å². The van der Waals surface area contributed by atoms with Crippen molar-refractivity contribution >= 4 is 17.8 Å².